The van der Waals surface area contributed by atoms with Crippen LogP contribution in [0.4, 0.5) is 0 Å². The van der Waals surface area contributed by atoms with Gasteiger partial charge in [-0.1, -0.05) is 12.1 Å². The number of hydrogen-bond acceptors (Lipinski definition) is 5. The molecule has 1 aliphatic rings. The quantitative estimate of drug-likeness (QED) is 0.908. The Bertz CT molecular complexity index is 669. The van der Waals surface area contributed by atoms with E-state index in [2.05, 4.69) is 10.3 Å². The van der Waals surface area contributed by atoms with Crippen LogP contribution in [0.1, 0.15) is 6.92 Å². The summed E-state index contributed by atoms with van der Waals surface area (Å²) in [6, 6.07) is 7.67. The highest BCUT2D eigenvalue weighted by Gasteiger charge is 2.31. The minimum Gasteiger partial charge on any atom is -0.312 e. The van der Waals surface area contributed by atoms with Gasteiger partial charge >= 0.3 is 0 Å². The highest BCUT2D eigenvalue weighted by atomic mass is 35.5. The van der Waals surface area contributed by atoms with Crippen LogP contribution in [-0.4, -0.2) is 43.4 Å². The van der Waals surface area contributed by atoms with Crippen molar-refractivity contribution in [2.24, 2.45) is 0 Å². The van der Waals surface area contributed by atoms with Crippen molar-refractivity contribution in [2.45, 2.75) is 17.3 Å². The van der Waals surface area contributed by atoms with E-state index in [9.17, 15) is 8.42 Å². The van der Waals surface area contributed by atoms with Crippen molar-refractivity contribution >= 4 is 44.0 Å². The van der Waals surface area contributed by atoms with Crippen molar-refractivity contribution in [1.82, 2.24) is 14.6 Å². The van der Waals surface area contributed by atoms with Gasteiger partial charge in [-0.3, -0.25) is 0 Å². The summed E-state index contributed by atoms with van der Waals surface area (Å²) in [4.78, 5) is 4.25. The maximum absolute atomic E-state index is 12.5. The first-order chi connectivity index (χ1) is 9.07. The van der Waals surface area contributed by atoms with Gasteiger partial charge in [0.25, 0.3) is 10.0 Å². The molecule has 0 amide bonds. The van der Waals surface area contributed by atoms with E-state index in [1.54, 1.807) is 0 Å². The number of thiazole rings is 1. The number of halogens is 1. The number of nitrogens with zero attached hydrogens (tertiary/aromatic N) is 2. The molecule has 1 unspecified atom stereocenters. The molecule has 2 aromatic rings. The predicted molar refractivity (Wildman–Crippen MR) is 83.1 cm³/mol. The summed E-state index contributed by atoms with van der Waals surface area (Å²) < 4.78 is 27.7. The van der Waals surface area contributed by atoms with Crippen LogP contribution in [0.5, 0.6) is 0 Å². The summed E-state index contributed by atoms with van der Waals surface area (Å²) in [6.45, 7) is 3.67. The van der Waals surface area contributed by atoms with Crippen molar-refractivity contribution in [3.05, 3.63) is 24.3 Å². The fraction of sp³-hybridized carbons (Fsp3) is 0.417. The standard InChI is InChI=1S/C12H15N3O2S2.ClH/c1-9-8-15(7-6-13-9)19(16,17)12-14-10-4-2-3-5-11(10)18-12;/h2-5,9,13H,6-8H2,1H3;1H. The normalized spacial score (nSPS) is 20.8. The molecule has 1 N–H and O–H groups in total. The molecule has 5 nitrogen and oxygen atoms in total. The van der Waals surface area contributed by atoms with Crippen molar-refractivity contribution in [1.29, 1.82) is 0 Å². The molecule has 3 rings (SSSR count). The zero-order chi connectivity index (χ0) is 13.5. The Kier molecular flexibility index (Phi) is 4.66. The molecule has 1 aromatic carbocycles. The molecule has 0 radical (unpaired) electrons. The molecular weight excluding hydrogens is 318 g/mol. The monoisotopic (exact) mass is 333 g/mol. The summed E-state index contributed by atoms with van der Waals surface area (Å²) in [7, 11) is -3.46. The van der Waals surface area contributed by atoms with Gasteiger partial charge in [-0.15, -0.1) is 23.7 Å². The molecule has 1 saturated heterocycles. The van der Waals surface area contributed by atoms with Crippen LogP contribution in [0, 0.1) is 0 Å². The maximum atomic E-state index is 12.5. The van der Waals surface area contributed by atoms with Gasteiger partial charge in [-0.25, -0.2) is 13.4 Å². The molecule has 0 bridgehead atoms. The summed E-state index contributed by atoms with van der Waals surface area (Å²) >= 11 is 1.24. The van der Waals surface area contributed by atoms with Crippen molar-refractivity contribution in [2.75, 3.05) is 19.6 Å². The highest BCUT2D eigenvalue weighted by molar-refractivity contribution is 7.91. The van der Waals surface area contributed by atoms with E-state index >= 15 is 0 Å². The van der Waals surface area contributed by atoms with Crippen LogP contribution < -0.4 is 5.32 Å². The molecule has 0 spiro atoms. The van der Waals surface area contributed by atoms with Gasteiger partial charge < -0.3 is 5.32 Å². The van der Waals surface area contributed by atoms with Crippen LogP contribution in [-0.2, 0) is 10.0 Å². The Labute approximate surface area is 128 Å². The summed E-state index contributed by atoms with van der Waals surface area (Å²) in [5.41, 5.74) is 0.745. The first-order valence-electron chi connectivity index (χ1n) is 6.16. The maximum Gasteiger partial charge on any atom is 0.270 e. The summed E-state index contributed by atoms with van der Waals surface area (Å²) in [6.07, 6.45) is 0. The Morgan fingerprint density at radius 2 is 2.15 bits per heavy atom. The number of sulfonamides is 1. The molecule has 1 aromatic heterocycles. The summed E-state index contributed by atoms with van der Waals surface area (Å²) in [5.74, 6) is 0. The number of para-hydroxylation sites is 1. The number of piperazine rings is 1. The topological polar surface area (TPSA) is 62.3 Å². The lowest BCUT2D eigenvalue weighted by atomic mass is 10.3. The van der Waals surface area contributed by atoms with Gasteiger partial charge in [-0.05, 0) is 19.1 Å². The minimum absolute atomic E-state index is 0. The second-order valence-corrected chi connectivity index (χ2v) is 7.81. The zero-order valence-corrected chi connectivity index (χ0v) is 13.4. The SMILES string of the molecule is CC1CN(S(=O)(=O)c2nc3ccccc3s2)CCN1.Cl. The molecule has 1 aliphatic heterocycles. The minimum atomic E-state index is -3.46. The fourth-order valence-electron chi connectivity index (χ4n) is 2.19. The van der Waals surface area contributed by atoms with Crippen LogP contribution >= 0.6 is 23.7 Å². The van der Waals surface area contributed by atoms with Crippen molar-refractivity contribution in [3.63, 3.8) is 0 Å². The molecule has 0 aliphatic carbocycles. The van der Waals surface area contributed by atoms with Crippen LogP contribution in [0.2, 0.25) is 0 Å². The third kappa shape index (κ3) is 2.82. The van der Waals surface area contributed by atoms with Crippen molar-refractivity contribution < 1.29 is 8.42 Å². The number of benzene rings is 1. The van der Waals surface area contributed by atoms with E-state index in [4.69, 9.17) is 0 Å². The van der Waals surface area contributed by atoms with Gasteiger partial charge in [0.05, 0.1) is 10.2 Å². The number of nitrogens with one attached hydrogen (secondary N) is 1. The van der Waals surface area contributed by atoms with E-state index in [-0.39, 0.29) is 22.8 Å². The highest BCUT2D eigenvalue weighted by Crippen LogP contribution is 2.27. The average molecular weight is 334 g/mol. The third-order valence-electron chi connectivity index (χ3n) is 3.17. The van der Waals surface area contributed by atoms with Gasteiger partial charge in [0.15, 0.2) is 0 Å². The van der Waals surface area contributed by atoms with Crippen molar-refractivity contribution in [3.8, 4) is 0 Å². The van der Waals surface area contributed by atoms with Gasteiger partial charge in [0.2, 0.25) is 4.34 Å². The zero-order valence-electron chi connectivity index (χ0n) is 10.9. The van der Waals surface area contributed by atoms with Crippen LogP contribution in [0.15, 0.2) is 28.6 Å². The molecule has 110 valence electrons. The van der Waals surface area contributed by atoms with E-state index in [1.807, 2.05) is 31.2 Å². The van der Waals surface area contributed by atoms with Gasteiger partial charge in [0, 0.05) is 25.7 Å². The van der Waals surface area contributed by atoms with E-state index in [1.165, 1.54) is 15.6 Å². The van der Waals surface area contributed by atoms with Crippen LogP contribution in [0.25, 0.3) is 10.2 Å². The average Bonchev–Trinajstić information content (AvgIpc) is 2.83. The van der Waals surface area contributed by atoms with Gasteiger partial charge in [0.1, 0.15) is 0 Å². The number of aromatic nitrogens is 1. The van der Waals surface area contributed by atoms with E-state index < -0.39 is 10.0 Å². The largest absolute Gasteiger partial charge is 0.312 e. The molecule has 2 heterocycles. The first-order valence-corrected chi connectivity index (χ1v) is 8.42. The lowest BCUT2D eigenvalue weighted by Crippen LogP contribution is -2.51. The van der Waals surface area contributed by atoms with E-state index in [0.717, 1.165) is 10.2 Å². The van der Waals surface area contributed by atoms with Crippen LogP contribution in [0.3, 0.4) is 0 Å². The lowest BCUT2D eigenvalue weighted by molar-refractivity contribution is 0.310. The van der Waals surface area contributed by atoms with E-state index in [0.29, 0.717) is 19.6 Å². The number of hydrogen-bond donors (Lipinski definition) is 1. The molecule has 1 fully saturated rings. The Morgan fingerprint density at radius 3 is 2.85 bits per heavy atom. The number of fused-ring (bicyclic) bond motifs is 1. The summed E-state index contributed by atoms with van der Waals surface area (Å²) in [5, 5.41) is 3.24. The van der Waals surface area contributed by atoms with Gasteiger partial charge in [-0.2, -0.15) is 4.31 Å². The lowest BCUT2D eigenvalue weighted by Gasteiger charge is -2.30. The predicted octanol–water partition coefficient (Wildman–Crippen LogP) is 1.70. The molecular formula is C12H16ClN3O2S2. The first kappa shape index (κ1) is 15.7. The smallest absolute Gasteiger partial charge is 0.270 e. The Hall–Kier alpha value is -0.730. The third-order valence-corrected chi connectivity index (χ3v) is 6.42. The Balaban J connectivity index is 0.00000147. The Morgan fingerprint density at radius 1 is 1.40 bits per heavy atom. The second-order valence-electron chi connectivity index (χ2n) is 4.67. The molecule has 1 atom stereocenters. The molecule has 0 saturated carbocycles. The second kappa shape index (κ2) is 5.95. The molecule has 8 heteroatoms. The molecule has 20 heavy (non-hydrogen) atoms. The fourth-order valence-corrected chi connectivity index (χ4v) is 5.08. The number of rotatable bonds is 2.